The summed E-state index contributed by atoms with van der Waals surface area (Å²) in [4.78, 5) is 24.2. The molecule has 2 aromatic carbocycles. The lowest BCUT2D eigenvalue weighted by Gasteiger charge is -2.16. The quantitative estimate of drug-likeness (QED) is 0.297. The van der Waals surface area contributed by atoms with Crippen LogP contribution in [-0.2, 0) is 6.18 Å². The SMILES string of the molecule is Cc1cnc(Nc2cccc(C(F)(F)F)c2)nc1-c1c[nH]c(C(=O)N[C@H](CO)c2ccccc2)c1. The molecule has 180 valence electrons. The van der Waals surface area contributed by atoms with E-state index in [1.54, 1.807) is 25.4 Å². The Kier molecular flexibility index (Phi) is 6.83. The second kappa shape index (κ2) is 9.98. The zero-order valence-electron chi connectivity index (χ0n) is 18.6. The molecular formula is C25H22F3N5O2. The summed E-state index contributed by atoms with van der Waals surface area (Å²) in [6, 6.07) is 14.9. The molecule has 0 aliphatic rings. The number of H-pyrrole nitrogens is 1. The van der Waals surface area contributed by atoms with Crippen molar-refractivity contribution in [2.45, 2.75) is 19.1 Å². The standard InChI is InChI=1S/C25H22F3N5O2/c1-15-12-30-24(31-19-9-5-8-18(11-19)25(26,27)28)33-22(15)17-10-20(29-13-17)23(35)32-21(14-34)16-6-3-2-4-7-16/h2-13,21,29,34H,14H2,1H3,(H,32,35)(H,30,31,33)/t21-/m1/s1. The number of carbonyl (C=O) groups is 1. The second-order valence-corrected chi connectivity index (χ2v) is 7.85. The number of hydrogen-bond donors (Lipinski definition) is 4. The molecule has 0 bridgehead atoms. The van der Waals surface area contributed by atoms with Crippen molar-refractivity contribution in [1.29, 1.82) is 0 Å². The Bertz CT molecular complexity index is 1320. The highest BCUT2D eigenvalue weighted by molar-refractivity contribution is 5.94. The zero-order valence-corrected chi connectivity index (χ0v) is 18.6. The molecule has 0 spiro atoms. The molecule has 4 N–H and O–H groups in total. The minimum Gasteiger partial charge on any atom is -0.394 e. The van der Waals surface area contributed by atoms with E-state index in [1.165, 1.54) is 12.1 Å². The summed E-state index contributed by atoms with van der Waals surface area (Å²) in [6.07, 6.45) is -1.31. The van der Waals surface area contributed by atoms with E-state index >= 15 is 0 Å². The predicted molar refractivity (Wildman–Crippen MR) is 125 cm³/mol. The molecule has 0 radical (unpaired) electrons. The fourth-order valence-electron chi connectivity index (χ4n) is 3.51. The van der Waals surface area contributed by atoms with Gasteiger partial charge in [-0.05, 0) is 42.3 Å². The van der Waals surface area contributed by atoms with E-state index in [4.69, 9.17) is 0 Å². The van der Waals surface area contributed by atoms with Gasteiger partial charge in [0.05, 0.1) is 23.9 Å². The number of aryl methyl sites for hydroxylation is 1. The van der Waals surface area contributed by atoms with Crippen LogP contribution in [0.3, 0.4) is 0 Å². The van der Waals surface area contributed by atoms with Gasteiger partial charge in [0.2, 0.25) is 5.95 Å². The van der Waals surface area contributed by atoms with Gasteiger partial charge in [-0.1, -0.05) is 36.4 Å². The zero-order chi connectivity index (χ0) is 25.0. The topological polar surface area (TPSA) is 103 Å². The van der Waals surface area contributed by atoms with E-state index in [2.05, 4.69) is 25.6 Å². The van der Waals surface area contributed by atoms with E-state index in [1.807, 2.05) is 30.3 Å². The van der Waals surface area contributed by atoms with Gasteiger partial charge in [-0.2, -0.15) is 13.2 Å². The average molecular weight is 481 g/mol. The minimum atomic E-state index is -4.46. The molecule has 35 heavy (non-hydrogen) atoms. The van der Waals surface area contributed by atoms with Crippen molar-refractivity contribution >= 4 is 17.5 Å². The van der Waals surface area contributed by atoms with E-state index in [0.717, 1.165) is 17.7 Å². The number of alkyl halides is 3. The van der Waals surface area contributed by atoms with Gasteiger partial charge in [-0.15, -0.1) is 0 Å². The summed E-state index contributed by atoms with van der Waals surface area (Å²) in [5.41, 5.74) is 2.26. The summed E-state index contributed by atoms with van der Waals surface area (Å²) < 4.78 is 39.0. The lowest BCUT2D eigenvalue weighted by Crippen LogP contribution is -2.30. The Morgan fingerprint density at radius 2 is 1.89 bits per heavy atom. The Morgan fingerprint density at radius 1 is 1.11 bits per heavy atom. The average Bonchev–Trinajstić information content (AvgIpc) is 3.34. The number of aromatic nitrogens is 3. The number of amides is 1. The lowest BCUT2D eigenvalue weighted by molar-refractivity contribution is -0.137. The van der Waals surface area contributed by atoms with Gasteiger partial charge in [0.25, 0.3) is 5.91 Å². The Balaban J connectivity index is 1.53. The summed E-state index contributed by atoms with van der Waals surface area (Å²) in [5, 5.41) is 15.3. The van der Waals surface area contributed by atoms with Crippen LogP contribution < -0.4 is 10.6 Å². The highest BCUT2D eigenvalue weighted by Crippen LogP contribution is 2.31. The van der Waals surface area contributed by atoms with E-state index in [9.17, 15) is 23.1 Å². The molecule has 7 nitrogen and oxygen atoms in total. The molecule has 0 saturated heterocycles. The molecule has 1 atom stereocenters. The fraction of sp³-hybridized carbons (Fsp3) is 0.160. The highest BCUT2D eigenvalue weighted by atomic mass is 19.4. The van der Waals surface area contributed by atoms with Gasteiger partial charge in [0, 0.05) is 23.6 Å². The number of carbonyl (C=O) groups excluding carboxylic acids is 1. The van der Waals surface area contributed by atoms with Crippen LogP contribution in [-0.4, -0.2) is 32.6 Å². The molecule has 2 aromatic heterocycles. The van der Waals surface area contributed by atoms with Crippen molar-refractivity contribution in [3.8, 4) is 11.3 Å². The number of hydrogen-bond acceptors (Lipinski definition) is 5. The summed E-state index contributed by atoms with van der Waals surface area (Å²) in [5.74, 6) is -0.297. The maximum absolute atomic E-state index is 13.0. The van der Waals surface area contributed by atoms with Crippen molar-refractivity contribution in [2.75, 3.05) is 11.9 Å². The number of rotatable bonds is 7. The first-order valence-electron chi connectivity index (χ1n) is 10.7. The first kappa shape index (κ1) is 24.0. The van der Waals surface area contributed by atoms with Crippen LogP contribution in [0.1, 0.15) is 33.2 Å². The summed E-state index contributed by atoms with van der Waals surface area (Å²) in [7, 11) is 0. The number of halogens is 3. The number of aliphatic hydroxyl groups excluding tert-OH is 1. The van der Waals surface area contributed by atoms with Crippen molar-refractivity contribution in [3.63, 3.8) is 0 Å². The molecule has 0 unspecified atom stereocenters. The maximum Gasteiger partial charge on any atom is 0.416 e. The van der Waals surface area contributed by atoms with E-state index in [-0.39, 0.29) is 23.9 Å². The molecule has 0 aliphatic heterocycles. The third-order valence-corrected chi connectivity index (χ3v) is 5.31. The molecule has 1 amide bonds. The van der Waals surface area contributed by atoms with Gasteiger partial charge in [0.1, 0.15) is 5.69 Å². The minimum absolute atomic E-state index is 0.113. The van der Waals surface area contributed by atoms with Crippen LogP contribution in [0.4, 0.5) is 24.8 Å². The van der Waals surface area contributed by atoms with Crippen LogP contribution in [0.25, 0.3) is 11.3 Å². The third-order valence-electron chi connectivity index (χ3n) is 5.31. The maximum atomic E-state index is 13.0. The molecule has 0 aliphatic carbocycles. The van der Waals surface area contributed by atoms with Gasteiger partial charge in [-0.3, -0.25) is 4.79 Å². The highest BCUT2D eigenvalue weighted by Gasteiger charge is 2.30. The van der Waals surface area contributed by atoms with Crippen molar-refractivity contribution in [1.82, 2.24) is 20.3 Å². The Labute approximate surface area is 199 Å². The van der Waals surface area contributed by atoms with E-state index < -0.39 is 23.7 Å². The summed E-state index contributed by atoms with van der Waals surface area (Å²) in [6.45, 7) is 1.52. The van der Waals surface area contributed by atoms with Crippen LogP contribution in [0, 0.1) is 6.92 Å². The third kappa shape index (κ3) is 5.67. The smallest absolute Gasteiger partial charge is 0.394 e. The number of aliphatic hydroxyl groups is 1. The van der Waals surface area contributed by atoms with Crippen molar-refractivity contribution in [3.05, 3.63) is 95.4 Å². The normalized spacial score (nSPS) is 12.3. The number of anilines is 2. The molecule has 10 heteroatoms. The second-order valence-electron chi connectivity index (χ2n) is 7.85. The van der Waals surface area contributed by atoms with Crippen LogP contribution in [0.15, 0.2) is 73.1 Å². The van der Waals surface area contributed by atoms with Gasteiger partial charge in [-0.25, -0.2) is 9.97 Å². The number of aromatic amines is 1. The van der Waals surface area contributed by atoms with Crippen molar-refractivity contribution in [2.24, 2.45) is 0 Å². The largest absolute Gasteiger partial charge is 0.416 e. The van der Waals surface area contributed by atoms with Crippen LogP contribution in [0.5, 0.6) is 0 Å². The Hall–Kier alpha value is -4.18. The van der Waals surface area contributed by atoms with Crippen molar-refractivity contribution < 1.29 is 23.1 Å². The predicted octanol–water partition coefficient (Wildman–Crippen LogP) is 5.01. The Morgan fingerprint density at radius 3 is 2.60 bits per heavy atom. The molecule has 2 heterocycles. The van der Waals surface area contributed by atoms with Crippen LogP contribution in [0.2, 0.25) is 0 Å². The first-order valence-corrected chi connectivity index (χ1v) is 10.7. The van der Waals surface area contributed by atoms with Gasteiger partial charge >= 0.3 is 6.18 Å². The molecule has 4 aromatic rings. The summed E-state index contributed by atoms with van der Waals surface area (Å²) >= 11 is 0. The van der Waals surface area contributed by atoms with Gasteiger partial charge < -0.3 is 20.7 Å². The number of nitrogens with one attached hydrogen (secondary N) is 3. The van der Waals surface area contributed by atoms with E-state index in [0.29, 0.717) is 16.8 Å². The molecule has 4 rings (SSSR count). The molecule has 0 saturated carbocycles. The molecule has 0 fully saturated rings. The van der Waals surface area contributed by atoms with Crippen LogP contribution >= 0.6 is 0 Å². The fourth-order valence-corrected chi connectivity index (χ4v) is 3.51. The van der Waals surface area contributed by atoms with Gasteiger partial charge in [0.15, 0.2) is 0 Å². The molecular weight excluding hydrogens is 459 g/mol. The number of benzene rings is 2. The number of nitrogens with zero attached hydrogens (tertiary/aromatic N) is 2. The first-order chi connectivity index (χ1) is 16.7. The monoisotopic (exact) mass is 481 g/mol. The lowest BCUT2D eigenvalue weighted by atomic mass is 10.1.